The van der Waals surface area contributed by atoms with Crippen LogP contribution in [0.3, 0.4) is 0 Å². The van der Waals surface area contributed by atoms with Crippen molar-refractivity contribution < 1.29 is 14.3 Å². The Morgan fingerprint density at radius 2 is 1.94 bits per heavy atom. The maximum atomic E-state index is 12.4. The van der Waals surface area contributed by atoms with Gasteiger partial charge < -0.3 is 24.7 Å². The lowest BCUT2D eigenvalue weighted by molar-refractivity contribution is 0.171. The number of carbonyl (C=O) groups excluding carboxylic acids is 1. The first-order chi connectivity index (χ1) is 15.3. The van der Waals surface area contributed by atoms with Crippen LogP contribution in [0.25, 0.3) is 11.2 Å². The number of anilines is 1. The Hall–Kier alpha value is -3.29. The lowest BCUT2D eigenvalue weighted by Gasteiger charge is -2.25. The molecule has 2 aromatic heterocycles. The van der Waals surface area contributed by atoms with E-state index in [1.54, 1.807) is 12.1 Å². The van der Waals surface area contributed by atoms with Gasteiger partial charge in [-0.1, -0.05) is 19.3 Å². The zero-order valence-electron chi connectivity index (χ0n) is 17.5. The molecule has 162 valence electrons. The molecule has 3 aromatic rings. The molecule has 0 bridgehead atoms. The molecule has 0 spiro atoms. The van der Waals surface area contributed by atoms with Gasteiger partial charge >= 0.3 is 6.03 Å². The summed E-state index contributed by atoms with van der Waals surface area (Å²) >= 11 is 0. The highest BCUT2D eigenvalue weighted by molar-refractivity contribution is 5.89. The summed E-state index contributed by atoms with van der Waals surface area (Å²) in [5.74, 6) is 2.34. The van der Waals surface area contributed by atoms with Crippen molar-refractivity contribution in [1.29, 1.82) is 0 Å². The average molecular weight is 422 g/mol. The standard InChI is InChI=1S/C23H27N5O3/c29-23(26-16-8-9-19-20(15-16)31-14-13-30-19)25-12-10-21-27-18-7-4-11-24-22(18)28(21)17-5-2-1-3-6-17/h4,7-9,11,15,17H,1-3,5-6,10,12-14H2,(H2,25,26,29). The Labute approximate surface area is 181 Å². The molecule has 31 heavy (non-hydrogen) atoms. The van der Waals surface area contributed by atoms with Crippen LogP contribution >= 0.6 is 0 Å². The van der Waals surface area contributed by atoms with Gasteiger partial charge in [-0.2, -0.15) is 0 Å². The van der Waals surface area contributed by atoms with Crippen LogP contribution < -0.4 is 20.1 Å². The number of hydrogen-bond acceptors (Lipinski definition) is 5. The largest absolute Gasteiger partial charge is 0.486 e. The van der Waals surface area contributed by atoms with E-state index in [-0.39, 0.29) is 6.03 Å². The minimum absolute atomic E-state index is 0.255. The number of pyridine rings is 1. The number of ether oxygens (including phenoxy) is 2. The Balaban J connectivity index is 1.23. The highest BCUT2D eigenvalue weighted by Crippen LogP contribution is 2.33. The lowest BCUT2D eigenvalue weighted by Crippen LogP contribution is -2.31. The summed E-state index contributed by atoms with van der Waals surface area (Å²) in [6, 6.07) is 9.51. The van der Waals surface area contributed by atoms with Crippen LogP contribution in [-0.2, 0) is 6.42 Å². The first-order valence-corrected chi connectivity index (χ1v) is 11.0. The first kappa shape index (κ1) is 19.7. The number of amides is 2. The minimum atomic E-state index is -0.255. The number of rotatable bonds is 5. The molecule has 1 saturated carbocycles. The number of benzene rings is 1. The van der Waals surface area contributed by atoms with Crippen LogP contribution in [0.1, 0.15) is 44.0 Å². The van der Waals surface area contributed by atoms with E-state index >= 15 is 0 Å². The fourth-order valence-electron chi connectivity index (χ4n) is 4.46. The van der Waals surface area contributed by atoms with Crippen LogP contribution in [0.2, 0.25) is 0 Å². The van der Waals surface area contributed by atoms with E-state index in [0.29, 0.717) is 49.4 Å². The third-order valence-corrected chi connectivity index (χ3v) is 5.90. The summed E-state index contributed by atoms with van der Waals surface area (Å²) < 4.78 is 13.4. The monoisotopic (exact) mass is 421 g/mol. The zero-order valence-corrected chi connectivity index (χ0v) is 17.5. The quantitative estimate of drug-likeness (QED) is 0.648. The summed E-state index contributed by atoms with van der Waals surface area (Å²) in [4.78, 5) is 21.8. The molecule has 1 aliphatic carbocycles. The fraction of sp³-hybridized carbons (Fsp3) is 0.435. The number of carbonyl (C=O) groups is 1. The van der Waals surface area contributed by atoms with Crippen molar-refractivity contribution in [2.24, 2.45) is 0 Å². The topological polar surface area (TPSA) is 90.3 Å². The highest BCUT2D eigenvalue weighted by Gasteiger charge is 2.22. The molecule has 2 N–H and O–H groups in total. The van der Waals surface area contributed by atoms with E-state index in [2.05, 4.69) is 20.2 Å². The summed E-state index contributed by atoms with van der Waals surface area (Å²) in [6.45, 7) is 1.55. The molecular formula is C23H27N5O3. The van der Waals surface area contributed by atoms with E-state index in [1.807, 2.05) is 24.4 Å². The van der Waals surface area contributed by atoms with Gasteiger partial charge in [-0.05, 0) is 37.1 Å². The molecule has 1 aliphatic heterocycles. The van der Waals surface area contributed by atoms with Crippen molar-refractivity contribution in [2.75, 3.05) is 25.1 Å². The van der Waals surface area contributed by atoms with E-state index in [9.17, 15) is 4.79 Å². The van der Waals surface area contributed by atoms with E-state index in [0.717, 1.165) is 29.8 Å². The molecule has 0 saturated heterocycles. The van der Waals surface area contributed by atoms with Crippen molar-refractivity contribution in [1.82, 2.24) is 19.9 Å². The summed E-state index contributed by atoms with van der Waals surface area (Å²) in [5.41, 5.74) is 2.54. The van der Waals surface area contributed by atoms with Crippen LogP contribution in [0.4, 0.5) is 10.5 Å². The van der Waals surface area contributed by atoms with Crippen LogP contribution in [0, 0.1) is 0 Å². The first-order valence-electron chi connectivity index (χ1n) is 11.0. The molecule has 1 fully saturated rings. The van der Waals surface area contributed by atoms with Gasteiger partial charge in [0, 0.05) is 37.0 Å². The van der Waals surface area contributed by atoms with Crippen LogP contribution in [-0.4, -0.2) is 40.3 Å². The molecule has 3 heterocycles. The molecule has 0 unspecified atom stereocenters. The maximum Gasteiger partial charge on any atom is 0.319 e. The third kappa shape index (κ3) is 4.28. The fourth-order valence-corrected chi connectivity index (χ4v) is 4.46. The minimum Gasteiger partial charge on any atom is -0.486 e. The molecule has 8 heteroatoms. The second kappa shape index (κ2) is 8.83. The van der Waals surface area contributed by atoms with Gasteiger partial charge in [0.25, 0.3) is 0 Å². The third-order valence-electron chi connectivity index (χ3n) is 5.90. The Morgan fingerprint density at radius 1 is 1.10 bits per heavy atom. The number of urea groups is 1. The zero-order chi connectivity index (χ0) is 21.0. The molecule has 5 rings (SSSR count). The molecule has 2 aliphatic rings. The number of nitrogens with one attached hydrogen (secondary N) is 2. The Bertz CT molecular complexity index is 1070. The SMILES string of the molecule is O=C(NCCc1nc2cccnc2n1C1CCCCC1)Nc1ccc2c(c1)OCCO2. The van der Waals surface area contributed by atoms with Crippen molar-refractivity contribution in [3.63, 3.8) is 0 Å². The van der Waals surface area contributed by atoms with Gasteiger partial charge in [-0.15, -0.1) is 0 Å². The molecular weight excluding hydrogens is 394 g/mol. The Morgan fingerprint density at radius 3 is 2.81 bits per heavy atom. The molecule has 2 amide bonds. The lowest BCUT2D eigenvalue weighted by atomic mass is 9.95. The van der Waals surface area contributed by atoms with E-state index in [1.165, 1.54) is 19.3 Å². The maximum absolute atomic E-state index is 12.4. The Kier molecular flexibility index (Phi) is 5.60. The van der Waals surface area contributed by atoms with Crippen molar-refractivity contribution >= 4 is 22.9 Å². The smallest absolute Gasteiger partial charge is 0.319 e. The van der Waals surface area contributed by atoms with Crippen molar-refractivity contribution in [3.8, 4) is 11.5 Å². The highest BCUT2D eigenvalue weighted by atomic mass is 16.6. The number of imidazole rings is 1. The van der Waals surface area contributed by atoms with Crippen LogP contribution in [0.15, 0.2) is 36.5 Å². The van der Waals surface area contributed by atoms with Gasteiger partial charge in [-0.25, -0.2) is 14.8 Å². The number of nitrogens with zero attached hydrogens (tertiary/aromatic N) is 3. The summed E-state index contributed by atoms with van der Waals surface area (Å²) in [7, 11) is 0. The normalized spacial score (nSPS) is 16.3. The second-order valence-corrected chi connectivity index (χ2v) is 8.03. The summed E-state index contributed by atoms with van der Waals surface area (Å²) in [5, 5.41) is 5.80. The van der Waals surface area contributed by atoms with Crippen molar-refractivity contribution in [3.05, 3.63) is 42.4 Å². The summed E-state index contributed by atoms with van der Waals surface area (Å²) in [6.07, 6.45) is 8.58. The molecule has 0 atom stereocenters. The molecule has 8 nitrogen and oxygen atoms in total. The molecule has 0 radical (unpaired) electrons. The van der Waals surface area contributed by atoms with Crippen molar-refractivity contribution in [2.45, 2.75) is 44.6 Å². The van der Waals surface area contributed by atoms with Gasteiger partial charge in [-0.3, -0.25) is 0 Å². The number of fused-ring (bicyclic) bond motifs is 2. The number of hydrogen-bond donors (Lipinski definition) is 2. The predicted molar refractivity (Wildman–Crippen MR) is 118 cm³/mol. The predicted octanol–water partition coefficient (Wildman–Crippen LogP) is 4.07. The number of aromatic nitrogens is 3. The average Bonchev–Trinajstić information content (AvgIpc) is 3.18. The van der Waals surface area contributed by atoms with Gasteiger partial charge in [0.2, 0.25) is 0 Å². The second-order valence-electron chi connectivity index (χ2n) is 8.03. The van der Waals surface area contributed by atoms with E-state index in [4.69, 9.17) is 14.5 Å². The van der Waals surface area contributed by atoms with Gasteiger partial charge in [0.15, 0.2) is 17.1 Å². The van der Waals surface area contributed by atoms with Gasteiger partial charge in [0.05, 0.1) is 0 Å². The van der Waals surface area contributed by atoms with E-state index < -0.39 is 0 Å². The molecule has 1 aromatic carbocycles. The van der Waals surface area contributed by atoms with Crippen LogP contribution in [0.5, 0.6) is 11.5 Å². The van der Waals surface area contributed by atoms with Gasteiger partial charge in [0.1, 0.15) is 24.6 Å².